The first-order chi connectivity index (χ1) is 6.27. The second-order valence-corrected chi connectivity index (χ2v) is 2.84. The predicted octanol–water partition coefficient (Wildman–Crippen LogP) is 1.60. The van der Waals surface area contributed by atoms with E-state index in [0.717, 1.165) is 10.9 Å². The van der Waals surface area contributed by atoms with Gasteiger partial charge in [-0.2, -0.15) is 0 Å². The summed E-state index contributed by atoms with van der Waals surface area (Å²) in [6.07, 6.45) is 2.86. The minimum atomic E-state index is -0.832. The first-order valence-electron chi connectivity index (χ1n) is 3.96. The molecular formula is C10H8NO2. The molecule has 0 saturated carbocycles. The number of aromatic amines is 1. The van der Waals surface area contributed by atoms with Crippen molar-refractivity contribution < 1.29 is 9.90 Å². The van der Waals surface area contributed by atoms with Crippen LogP contribution in [0, 0.1) is 6.20 Å². The molecule has 3 nitrogen and oxygen atoms in total. The van der Waals surface area contributed by atoms with Gasteiger partial charge in [0.15, 0.2) is 0 Å². The summed E-state index contributed by atoms with van der Waals surface area (Å²) in [4.78, 5) is 13.4. The Morgan fingerprint density at radius 3 is 3.00 bits per heavy atom. The van der Waals surface area contributed by atoms with Crippen LogP contribution in [-0.4, -0.2) is 16.1 Å². The van der Waals surface area contributed by atoms with Crippen LogP contribution in [0.4, 0.5) is 0 Å². The molecule has 1 aromatic heterocycles. The summed E-state index contributed by atoms with van der Waals surface area (Å²) in [6, 6.07) is 7.57. The van der Waals surface area contributed by atoms with Crippen molar-refractivity contribution in [3.8, 4) is 0 Å². The lowest BCUT2D eigenvalue weighted by atomic mass is 10.1. The molecule has 3 heteroatoms. The number of aliphatic carboxylic acids is 1. The Labute approximate surface area is 75.0 Å². The lowest BCUT2D eigenvalue weighted by Crippen LogP contribution is -1.98. The predicted molar refractivity (Wildman–Crippen MR) is 48.5 cm³/mol. The highest BCUT2D eigenvalue weighted by Gasteiger charge is 2.06. The summed E-state index contributed by atoms with van der Waals surface area (Å²) in [5.41, 5.74) is 1.64. The average molecular weight is 174 g/mol. The Balaban J connectivity index is 2.51. The lowest BCUT2D eigenvalue weighted by Gasteiger charge is -1.92. The molecule has 2 aromatic rings. The minimum absolute atomic E-state index is 0.0179. The highest BCUT2D eigenvalue weighted by atomic mass is 16.4. The molecule has 1 heterocycles. The van der Waals surface area contributed by atoms with E-state index in [1.165, 1.54) is 0 Å². The number of nitrogens with one attached hydrogen (secondary N) is 1. The van der Waals surface area contributed by atoms with E-state index in [0.29, 0.717) is 5.56 Å². The summed E-state index contributed by atoms with van der Waals surface area (Å²) in [6.45, 7) is 0. The van der Waals surface area contributed by atoms with E-state index in [2.05, 4.69) is 11.2 Å². The van der Waals surface area contributed by atoms with Gasteiger partial charge >= 0.3 is 5.97 Å². The van der Waals surface area contributed by atoms with Gasteiger partial charge in [-0.3, -0.25) is 4.79 Å². The fourth-order valence-electron chi connectivity index (χ4n) is 1.36. The first kappa shape index (κ1) is 7.86. The molecule has 0 spiro atoms. The average Bonchev–Trinajstić information content (AvgIpc) is 2.48. The number of benzene rings is 1. The van der Waals surface area contributed by atoms with Crippen LogP contribution in [0.15, 0.2) is 24.3 Å². The Morgan fingerprint density at radius 2 is 2.23 bits per heavy atom. The second-order valence-electron chi connectivity index (χ2n) is 2.84. The van der Waals surface area contributed by atoms with Crippen molar-refractivity contribution in [3.05, 3.63) is 36.0 Å². The number of hydrogen-bond donors (Lipinski definition) is 2. The van der Waals surface area contributed by atoms with Crippen molar-refractivity contribution in [2.75, 3.05) is 0 Å². The molecule has 1 aromatic carbocycles. The fraction of sp³-hybridized carbons (Fsp3) is 0.100. The number of para-hydroxylation sites is 1. The van der Waals surface area contributed by atoms with E-state index < -0.39 is 5.97 Å². The molecule has 0 fully saturated rings. The number of carboxylic acids is 1. The van der Waals surface area contributed by atoms with Gasteiger partial charge in [0.25, 0.3) is 0 Å². The van der Waals surface area contributed by atoms with Crippen LogP contribution >= 0.6 is 0 Å². The Kier molecular flexibility index (Phi) is 1.77. The van der Waals surface area contributed by atoms with E-state index in [1.807, 2.05) is 24.3 Å². The number of carboxylic acid groups (broad SMARTS) is 1. The van der Waals surface area contributed by atoms with Crippen LogP contribution in [0.2, 0.25) is 0 Å². The summed E-state index contributed by atoms with van der Waals surface area (Å²) in [7, 11) is 0. The van der Waals surface area contributed by atoms with Crippen molar-refractivity contribution in [1.29, 1.82) is 0 Å². The van der Waals surface area contributed by atoms with Gasteiger partial charge in [-0.25, -0.2) is 0 Å². The van der Waals surface area contributed by atoms with Crippen molar-refractivity contribution >= 4 is 16.9 Å². The first-order valence-corrected chi connectivity index (χ1v) is 3.96. The van der Waals surface area contributed by atoms with Crippen molar-refractivity contribution in [2.45, 2.75) is 6.42 Å². The second kappa shape index (κ2) is 2.94. The molecule has 0 bridgehead atoms. The molecule has 0 aliphatic heterocycles. The quantitative estimate of drug-likeness (QED) is 0.726. The van der Waals surface area contributed by atoms with Crippen molar-refractivity contribution in [2.24, 2.45) is 0 Å². The molecule has 1 radical (unpaired) electrons. The monoisotopic (exact) mass is 174 g/mol. The Bertz CT molecular complexity index is 445. The maximum Gasteiger partial charge on any atom is 0.307 e. The van der Waals surface area contributed by atoms with Crippen molar-refractivity contribution in [1.82, 2.24) is 4.98 Å². The fourth-order valence-corrected chi connectivity index (χ4v) is 1.36. The molecule has 2 rings (SSSR count). The van der Waals surface area contributed by atoms with Crippen LogP contribution < -0.4 is 0 Å². The van der Waals surface area contributed by atoms with E-state index in [-0.39, 0.29) is 6.42 Å². The van der Waals surface area contributed by atoms with Gasteiger partial charge in [0, 0.05) is 10.9 Å². The molecule has 0 aliphatic carbocycles. The van der Waals surface area contributed by atoms with Crippen LogP contribution in [-0.2, 0) is 11.2 Å². The van der Waals surface area contributed by atoms with E-state index >= 15 is 0 Å². The summed E-state index contributed by atoms with van der Waals surface area (Å²) in [5.74, 6) is -0.832. The molecule has 13 heavy (non-hydrogen) atoms. The molecule has 65 valence electrons. The van der Waals surface area contributed by atoms with Crippen LogP contribution in [0.1, 0.15) is 5.56 Å². The van der Waals surface area contributed by atoms with Gasteiger partial charge in [-0.15, -0.1) is 0 Å². The number of aromatic nitrogens is 1. The van der Waals surface area contributed by atoms with Crippen LogP contribution in [0.3, 0.4) is 0 Å². The number of rotatable bonds is 2. The standard InChI is InChI=1S/C10H8NO2/c12-10(13)5-7-6-11-9-4-2-1-3-8(7)9/h1-4,11H,5H2,(H,12,13). The zero-order valence-electron chi connectivity index (χ0n) is 6.87. The maximum absolute atomic E-state index is 10.5. The number of fused-ring (bicyclic) bond motifs is 1. The number of H-pyrrole nitrogens is 1. The van der Waals surface area contributed by atoms with E-state index in [4.69, 9.17) is 5.11 Å². The molecule has 2 N–H and O–H groups in total. The SMILES string of the molecule is O=C(O)Cc1[c][nH]c2ccccc12. The molecular weight excluding hydrogens is 166 g/mol. The van der Waals surface area contributed by atoms with E-state index in [1.54, 1.807) is 0 Å². The normalized spacial score (nSPS) is 10.5. The lowest BCUT2D eigenvalue weighted by molar-refractivity contribution is -0.136. The largest absolute Gasteiger partial charge is 0.481 e. The highest BCUT2D eigenvalue weighted by molar-refractivity contribution is 5.86. The van der Waals surface area contributed by atoms with Crippen LogP contribution in [0.25, 0.3) is 10.9 Å². The highest BCUT2D eigenvalue weighted by Crippen LogP contribution is 2.17. The molecule has 0 saturated heterocycles. The third-order valence-corrected chi connectivity index (χ3v) is 1.93. The molecule has 0 amide bonds. The van der Waals surface area contributed by atoms with E-state index in [9.17, 15) is 4.79 Å². The van der Waals surface area contributed by atoms with Gasteiger partial charge in [0.1, 0.15) is 0 Å². The van der Waals surface area contributed by atoms with Gasteiger partial charge in [0.05, 0.1) is 12.6 Å². The molecule has 0 unspecified atom stereocenters. The Hall–Kier alpha value is -1.77. The third kappa shape index (κ3) is 1.40. The molecule has 0 aliphatic rings. The molecule has 0 atom stereocenters. The smallest absolute Gasteiger partial charge is 0.307 e. The maximum atomic E-state index is 10.5. The topological polar surface area (TPSA) is 53.1 Å². The number of hydrogen-bond acceptors (Lipinski definition) is 1. The summed E-state index contributed by atoms with van der Waals surface area (Å²) >= 11 is 0. The number of carbonyl (C=O) groups is 1. The van der Waals surface area contributed by atoms with Gasteiger partial charge in [0.2, 0.25) is 0 Å². The van der Waals surface area contributed by atoms with Crippen molar-refractivity contribution in [3.63, 3.8) is 0 Å². The summed E-state index contributed by atoms with van der Waals surface area (Å²) in [5, 5.41) is 9.55. The summed E-state index contributed by atoms with van der Waals surface area (Å²) < 4.78 is 0. The van der Waals surface area contributed by atoms with Crippen LogP contribution in [0.5, 0.6) is 0 Å². The van der Waals surface area contributed by atoms with Gasteiger partial charge in [-0.05, 0) is 11.6 Å². The minimum Gasteiger partial charge on any atom is -0.481 e. The zero-order valence-corrected chi connectivity index (χ0v) is 6.87. The third-order valence-electron chi connectivity index (χ3n) is 1.93. The van der Waals surface area contributed by atoms with Gasteiger partial charge in [-0.1, -0.05) is 18.2 Å². The zero-order chi connectivity index (χ0) is 9.26. The Morgan fingerprint density at radius 1 is 1.46 bits per heavy atom. The van der Waals surface area contributed by atoms with Gasteiger partial charge < -0.3 is 10.1 Å².